The lowest BCUT2D eigenvalue weighted by Gasteiger charge is -2.15. The van der Waals surface area contributed by atoms with Crippen LogP contribution in [0.15, 0.2) is 18.2 Å². The van der Waals surface area contributed by atoms with Gasteiger partial charge >= 0.3 is 0 Å². The molecule has 3 nitrogen and oxygen atoms in total. The first-order valence-corrected chi connectivity index (χ1v) is 6.07. The van der Waals surface area contributed by atoms with Gasteiger partial charge in [0.25, 0.3) is 0 Å². The Morgan fingerprint density at radius 2 is 2.17 bits per heavy atom. The number of nitriles is 1. The van der Waals surface area contributed by atoms with Crippen LogP contribution >= 0.6 is 0 Å². The zero-order valence-corrected chi connectivity index (χ0v) is 11.0. The molecule has 98 valence electrons. The molecule has 0 spiro atoms. The predicted octanol–water partition coefficient (Wildman–Crippen LogP) is 2.79. The molecule has 0 aliphatic carbocycles. The van der Waals surface area contributed by atoms with Crippen molar-refractivity contribution in [2.75, 3.05) is 6.61 Å². The van der Waals surface area contributed by atoms with Crippen molar-refractivity contribution in [3.63, 3.8) is 0 Å². The van der Waals surface area contributed by atoms with Crippen LogP contribution in [0.4, 0.5) is 4.39 Å². The molecule has 0 radical (unpaired) electrons. The van der Waals surface area contributed by atoms with Crippen LogP contribution in [-0.4, -0.2) is 18.7 Å². The Labute approximate surface area is 108 Å². The molecule has 0 amide bonds. The SMILES string of the molecule is Cc1cc(F)ccc1OCCC(C#N)NC(C)C. The summed E-state index contributed by atoms with van der Waals surface area (Å²) in [5.74, 6) is 0.397. The van der Waals surface area contributed by atoms with Crippen LogP contribution in [0.3, 0.4) is 0 Å². The lowest BCUT2D eigenvalue weighted by molar-refractivity contribution is 0.292. The molecule has 0 saturated heterocycles. The van der Waals surface area contributed by atoms with Crippen molar-refractivity contribution in [2.24, 2.45) is 0 Å². The van der Waals surface area contributed by atoms with E-state index in [1.54, 1.807) is 13.0 Å². The van der Waals surface area contributed by atoms with Gasteiger partial charge in [0.05, 0.1) is 18.7 Å². The lowest BCUT2D eigenvalue weighted by atomic mass is 10.2. The van der Waals surface area contributed by atoms with Gasteiger partial charge in [-0.25, -0.2) is 4.39 Å². The Morgan fingerprint density at radius 3 is 2.72 bits per heavy atom. The number of benzene rings is 1. The topological polar surface area (TPSA) is 45.0 Å². The summed E-state index contributed by atoms with van der Waals surface area (Å²) in [6.07, 6.45) is 0.603. The fourth-order valence-corrected chi connectivity index (χ4v) is 1.65. The van der Waals surface area contributed by atoms with Gasteiger partial charge in [-0.2, -0.15) is 5.26 Å². The van der Waals surface area contributed by atoms with Gasteiger partial charge in [-0.05, 0) is 44.5 Å². The second-order valence-corrected chi connectivity index (χ2v) is 4.55. The zero-order valence-electron chi connectivity index (χ0n) is 11.0. The van der Waals surface area contributed by atoms with Crippen molar-refractivity contribution in [1.82, 2.24) is 5.32 Å². The van der Waals surface area contributed by atoms with Crippen molar-refractivity contribution in [3.05, 3.63) is 29.6 Å². The smallest absolute Gasteiger partial charge is 0.123 e. The van der Waals surface area contributed by atoms with E-state index in [0.717, 1.165) is 5.56 Å². The van der Waals surface area contributed by atoms with E-state index in [4.69, 9.17) is 10.00 Å². The average Bonchev–Trinajstić information content (AvgIpc) is 2.30. The van der Waals surface area contributed by atoms with Crippen LogP contribution in [0.2, 0.25) is 0 Å². The molecular formula is C14H19FN2O. The molecule has 18 heavy (non-hydrogen) atoms. The third kappa shape index (κ3) is 4.72. The summed E-state index contributed by atoms with van der Waals surface area (Å²) in [6, 6.07) is 6.66. The Kier molecular flexibility index (Phi) is 5.60. The number of hydrogen-bond acceptors (Lipinski definition) is 3. The summed E-state index contributed by atoms with van der Waals surface area (Å²) >= 11 is 0. The summed E-state index contributed by atoms with van der Waals surface area (Å²) in [4.78, 5) is 0. The summed E-state index contributed by atoms with van der Waals surface area (Å²) in [5.41, 5.74) is 0.764. The van der Waals surface area contributed by atoms with Gasteiger partial charge in [0.15, 0.2) is 0 Å². The van der Waals surface area contributed by atoms with Crippen molar-refractivity contribution in [1.29, 1.82) is 5.26 Å². The van der Waals surface area contributed by atoms with Crippen LogP contribution < -0.4 is 10.1 Å². The molecule has 0 aromatic heterocycles. The Morgan fingerprint density at radius 1 is 1.44 bits per heavy atom. The van der Waals surface area contributed by atoms with Crippen molar-refractivity contribution < 1.29 is 9.13 Å². The molecule has 1 unspecified atom stereocenters. The van der Waals surface area contributed by atoms with Gasteiger partial charge in [-0.3, -0.25) is 5.32 Å². The maximum atomic E-state index is 12.9. The maximum absolute atomic E-state index is 12.9. The molecule has 0 heterocycles. The normalized spacial score (nSPS) is 12.2. The van der Waals surface area contributed by atoms with Crippen LogP contribution in [0, 0.1) is 24.1 Å². The Balaban J connectivity index is 2.43. The molecule has 1 atom stereocenters. The fourth-order valence-electron chi connectivity index (χ4n) is 1.65. The standard InChI is InChI=1S/C14H19FN2O/c1-10(2)17-13(9-16)6-7-18-14-5-4-12(15)8-11(14)3/h4-5,8,10,13,17H,6-7H2,1-3H3. The van der Waals surface area contributed by atoms with E-state index in [1.807, 2.05) is 13.8 Å². The van der Waals surface area contributed by atoms with E-state index in [9.17, 15) is 4.39 Å². The first kappa shape index (κ1) is 14.5. The second kappa shape index (κ2) is 6.97. The number of aryl methyl sites for hydroxylation is 1. The minimum Gasteiger partial charge on any atom is -0.493 e. The van der Waals surface area contributed by atoms with Gasteiger partial charge in [-0.1, -0.05) is 0 Å². The molecule has 0 saturated carbocycles. The molecule has 1 aromatic carbocycles. The third-order valence-corrected chi connectivity index (χ3v) is 2.49. The molecule has 0 bridgehead atoms. The van der Waals surface area contributed by atoms with E-state index in [2.05, 4.69) is 11.4 Å². The van der Waals surface area contributed by atoms with E-state index < -0.39 is 0 Å². The van der Waals surface area contributed by atoms with Gasteiger partial charge in [0, 0.05) is 12.5 Å². The van der Waals surface area contributed by atoms with E-state index in [1.165, 1.54) is 12.1 Å². The van der Waals surface area contributed by atoms with Crippen molar-refractivity contribution in [3.8, 4) is 11.8 Å². The largest absolute Gasteiger partial charge is 0.493 e. The Hall–Kier alpha value is -1.60. The zero-order chi connectivity index (χ0) is 13.5. The molecule has 0 aliphatic rings. The highest BCUT2D eigenvalue weighted by atomic mass is 19.1. The molecule has 0 aliphatic heterocycles. The van der Waals surface area contributed by atoms with E-state index >= 15 is 0 Å². The molecule has 1 N–H and O–H groups in total. The van der Waals surface area contributed by atoms with Crippen LogP contribution in [0.25, 0.3) is 0 Å². The summed E-state index contributed by atoms with van der Waals surface area (Å²) in [6.45, 7) is 6.22. The summed E-state index contributed by atoms with van der Waals surface area (Å²) in [7, 11) is 0. The molecular weight excluding hydrogens is 231 g/mol. The van der Waals surface area contributed by atoms with Gasteiger partial charge in [-0.15, -0.1) is 0 Å². The first-order chi connectivity index (χ1) is 8.52. The monoisotopic (exact) mass is 250 g/mol. The fraction of sp³-hybridized carbons (Fsp3) is 0.500. The van der Waals surface area contributed by atoms with Gasteiger partial charge < -0.3 is 4.74 Å². The van der Waals surface area contributed by atoms with Crippen molar-refractivity contribution in [2.45, 2.75) is 39.3 Å². The number of ether oxygens (including phenoxy) is 1. The second-order valence-electron chi connectivity index (χ2n) is 4.55. The van der Waals surface area contributed by atoms with Crippen LogP contribution in [-0.2, 0) is 0 Å². The van der Waals surface area contributed by atoms with Gasteiger partial charge in [0.1, 0.15) is 11.6 Å². The highest BCUT2D eigenvalue weighted by molar-refractivity contribution is 5.32. The first-order valence-electron chi connectivity index (χ1n) is 6.07. The van der Waals surface area contributed by atoms with Crippen molar-refractivity contribution >= 4 is 0 Å². The quantitative estimate of drug-likeness (QED) is 0.844. The number of hydrogen-bond donors (Lipinski definition) is 1. The predicted molar refractivity (Wildman–Crippen MR) is 68.9 cm³/mol. The number of nitrogens with one attached hydrogen (secondary N) is 1. The lowest BCUT2D eigenvalue weighted by Crippen LogP contribution is -2.34. The van der Waals surface area contributed by atoms with Gasteiger partial charge in [0.2, 0.25) is 0 Å². The third-order valence-electron chi connectivity index (χ3n) is 2.49. The van der Waals surface area contributed by atoms with Crippen LogP contribution in [0.1, 0.15) is 25.8 Å². The summed E-state index contributed by atoms with van der Waals surface area (Å²) < 4.78 is 18.4. The highest BCUT2D eigenvalue weighted by Gasteiger charge is 2.09. The van der Waals surface area contributed by atoms with Crippen LogP contribution in [0.5, 0.6) is 5.75 Å². The minimum atomic E-state index is -0.267. The minimum absolute atomic E-state index is 0.217. The summed E-state index contributed by atoms with van der Waals surface area (Å²) in [5, 5.41) is 12.1. The number of halogens is 1. The molecule has 4 heteroatoms. The number of rotatable bonds is 6. The molecule has 0 fully saturated rings. The molecule has 1 aromatic rings. The average molecular weight is 250 g/mol. The highest BCUT2D eigenvalue weighted by Crippen LogP contribution is 2.18. The Bertz CT molecular complexity index is 426. The molecule has 1 rings (SSSR count). The van der Waals surface area contributed by atoms with E-state index in [-0.39, 0.29) is 17.9 Å². The maximum Gasteiger partial charge on any atom is 0.123 e. The van der Waals surface area contributed by atoms with E-state index in [0.29, 0.717) is 18.8 Å². The number of nitrogens with zero attached hydrogens (tertiary/aromatic N) is 1.